The molecule has 1 heteroatoms. The molecule has 2 aromatic rings. The number of halogens is 1. The highest BCUT2D eigenvalue weighted by Gasteiger charge is 2.08. The second-order valence-electron chi connectivity index (χ2n) is 3.90. The molecule has 0 unspecified atom stereocenters. The Labute approximate surface area is 95.7 Å². The fourth-order valence-electron chi connectivity index (χ4n) is 1.77. The van der Waals surface area contributed by atoms with Gasteiger partial charge in [-0.15, -0.1) is 0 Å². The molecule has 0 heterocycles. The van der Waals surface area contributed by atoms with Crippen molar-refractivity contribution in [1.82, 2.24) is 0 Å². The molecule has 0 aliphatic rings. The van der Waals surface area contributed by atoms with E-state index in [4.69, 9.17) is 0 Å². The van der Waals surface area contributed by atoms with Gasteiger partial charge in [0.25, 0.3) is 0 Å². The highest BCUT2D eigenvalue weighted by atomic mass is 19.1. The largest absolute Gasteiger partial charge is 0.242 e. The van der Waals surface area contributed by atoms with Gasteiger partial charge in [-0.25, -0.2) is 4.39 Å². The van der Waals surface area contributed by atoms with Crippen molar-refractivity contribution in [2.45, 2.75) is 19.0 Å². The first kappa shape index (κ1) is 10.9. The number of benzene rings is 2. The first-order valence-corrected chi connectivity index (χ1v) is 5.59. The van der Waals surface area contributed by atoms with E-state index in [2.05, 4.69) is 0 Å². The van der Waals surface area contributed by atoms with E-state index in [1.54, 1.807) is 0 Å². The summed E-state index contributed by atoms with van der Waals surface area (Å²) in [7, 11) is 0. The summed E-state index contributed by atoms with van der Waals surface area (Å²) < 4.78 is 13.8. The maximum atomic E-state index is 13.8. The molecule has 0 bridgehead atoms. The average molecular weight is 214 g/mol. The molecule has 2 rings (SSSR count). The normalized spacial score (nSPS) is 12.3. The zero-order valence-electron chi connectivity index (χ0n) is 9.14. The third-order valence-electron chi connectivity index (χ3n) is 2.69. The zero-order valence-corrected chi connectivity index (χ0v) is 9.14. The molecular formula is C15H15F. The first-order chi connectivity index (χ1) is 7.86. The van der Waals surface area contributed by atoms with Crippen LogP contribution in [0.1, 0.15) is 23.7 Å². The van der Waals surface area contributed by atoms with Gasteiger partial charge >= 0.3 is 0 Å². The molecule has 0 amide bonds. The first-order valence-electron chi connectivity index (χ1n) is 5.59. The third-order valence-corrected chi connectivity index (χ3v) is 2.69. The Morgan fingerprint density at radius 2 is 1.38 bits per heavy atom. The van der Waals surface area contributed by atoms with E-state index in [9.17, 15) is 4.39 Å². The lowest BCUT2D eigenvalue weighted by atomic mass is 10.0. The Hall–Kier alpha value is -1.63. The van der Waals surface area contributed by atoms with Gasteiger partial charge in [0.15, 0.2) is 0 Å². The molecule has 0 nitrogen and oxygen atoms in total. The van der Waals surface area contributed by atoms with Gasteiger partial charge in [0.1, 0.15) is 6.17 Å². The van der Waals surface area contributed by atoms with Gasteiger partial charge in [-0.05, 0) is 24.0 Å². The van der Waals surface area contributed by atoms with Crippen molar-refractivity contribution in [2.75, 3.05) is 0 Å². The molecule has 0 saturated carbocycles. The minimum Gasteiger partial charge on any atom is -0.242 e. The van der Waals surface area contributed by atoms with Gasteiger partial charge in [-0.3, -0.25) is 0 Å². The van der Waals surface area contributed by atoms with Crippen molar-refractivity contribution in [3.63, 3.8) is 0 Å². The monoisotopic (exact) mass is 214 g/mol. The molecule has 0 aliphatic heterocycles. The van der Waals surface area contributed by atoms with Gasteiger partial charge in [0.2, 0.25) is 0 Å². The van der Waals surface area contributed by atoms with Crippen molar-refractivity contribution < 1.29 is 4.39 Å². The Balaban J connectivity index is 1.92. The highest BCUT2D eigenvalue weighted by molar-refractivity contribution is 5.19. The Morgan fingerprint density at radius 3 is 2.00 bits per heavy atom. The maximum absolute atomic E-state index is 13.8. The third kappa shape index (κ3) is 2.93. The van der Waals surface area contributed by atoms with Crippen LogP contribution >= 0.6 is 0 Å². The lowest BCUT2D eigenvalue weighted by Gasteiger charge is -2.08. The molecule has 82 valence electrons. The van der Waals surface area contributed by atoms with Crippen LogP contribution in [0, 0.1) is 0 Å². The van der Waals surface area contributed by atoms with Crippen LogP contribution in [0.4, 0.5) is 4.39 Å². The molecule has 1 atom stereocenters. The smallest absolute Gasteiger partial charge is 0.125 e. The van der Waals surface area contributed by atoms with Crippen LogP contribution in [-0.4, -0.2) is 0 Å². The molecule has 2 aromatic carbocycles. The Morgan fingerprint density at radius 1 is 0.812 bits per heavy atom. The van der Waals surface area contributed by atoms with Crippen LogP contribution < -0.4 is 0 Å². The number of alkyl halides is 1. The molecule has 0 radical (unpaired) electrons. The second kappa shape index (κ2) is 5.45. The minimum atomic E-state index is -0.860. The number of rotatable bonds is 4. The standard InChI is InChI=1S/C15H15F/c16-15(14-9-5-2-6-10-14)12-11-13-7-3-1-4-8-13/h1-10,15H,11-12H2/t15-/m1/s1. The number of aryl methyl sites for hydroxylation is 1. The summed E-state index contributed by atoms with van der Waals surface area (Å²) in [6.07, 6.45) is 0.478. The Kier molecular flexibility index (Phi) is 3.71. The fraction of sp³-hybridized carbons (Fsp3) is 0.200. The van der Waals surface area contributed by atoms with Crippen LogP contribution in [0.3, 0.4) is 0 Å². The van der Waals surface area contributed by atoms with Crippen LogP contribution in [-0.2, 0) is 6.42 Å². The summed E-state index contributed by atoms with van der Waals surface area (Å²) in [5.41, 5.74) is 1.97. The second-order valence-corrected chi connectivity index (χ2v) is 3.90. The van der Waals surface area contributed by atoms with E-state index in [-0.39, 0.29) is 0 Å². The van der Waals surface area contributed by atoms with Crippen LogP contribution in [0.2, 0.25) is 0 Å². The van der Waals surface area contributed by atoms with Crippen LogP contribution in [0.15, 0.2) is 60.7 Å². The quantitative estimate of drug-likeness (QED) is 0.710. The van der Waals surface area contributed by atoms with Crippen LogP contribution in [0.25, 0.3) is 0 Å². The van der Waals surface area contributed by atoms with Gasteiger partial charge in [-0.2, -0.15) is 0 Å². The van der Waals surface area contributed by atoms with Crippen molar-refractivity contribution in [3.05, 3.63) is 71.8 Å². The zero-order chi connectivity index (χ0) is 11.2. The molecule has 16 heavy (non-hydrogen) atoms. The lowest BCUT2D eigenvalue weighted by molar-refractivity contribution is 0.324. The van der Waals surface area contributed by atoms with Crippen molar-refractivity contribution >= 4 is 0 Å². The summed E-state index contributed by atoms with van der Waals surface area (Å²) in [5.74, 6) is 0. The SMILES string of the molecule is F[C@H](CCc1ccccc1)c1ccccc1. The van der Waals surface area contributed by atoms with Crippen molar-refractivity contribution in [1.29, 1.82) is 0 Å². The van der Waals surface area contributed by atoms with Crippen molar-refractivity contribution in [3.8, 4) is 0 Å². The summed E-state index contributed by atoms with van der Waals surface area (Å²) in [6, 6.07) is 19.4. The molecule has 0 aliphatic carbocycles. The summed E-state index contributed by atoms with van der Waals surface area (Å²) in [5, 5.41) is 0. The van der Waals surface area contributed by atoms with Gasteiger partial charge in [0, 0.05) is 0 Å². The van der Waals surface area contributed by atoms with Gasteiger partial charge < -0.3 is 0 Å². The van der Waals surface area contributed by atoms with E-state index >= 15 is 0 Å². The summed E-state index contributed by atoms with van der Waals surface area (Å²) in [6.45, 7) is 0. The lowest BCUT2D eigenvalue weighted by Crippen LogP contribution is -1.94. The molecule has 0 aromatic heterocycles. The van der Waals surface area contributed by atoms with Gasteiger partial charge in [0.05, 0.1) is 0 Å². The van der Waals surface area contributed by atoms with E-state index in [1.807, 2.05) is 60.7 Å². The number of hydrogen-bond acceptors (Lipinski definition) is 0. The van der Waals surface area contributed by atoms with Crippen molar-refractivity contribution in [2.24, 2.45) is 0 Å². The highest BCUT2D eigenvalue weighted by Crippen LogP contribution is 2.22. The van der Waals surface area contributed by atoms with Crippen LogP contribution in [0.5, 0.6) is 0 Å². The predicted octanol–water partition coefficient (Wildman–Crippen LogP) is 4.33. The topological polar surface area (TPSA) is 0 Å². The average Bonchev–Trinajstić information content (AvgIpc) is 2.38. The summed E-state index contributed by atoms with van der Waals surface area (Å²) in [4.78, 5) is 0. The fourth-order valence-corrected chi connectivity index (χ4v) is 1.77. The maximum Gasteiger partial charge on any atom is 0.125 e. The molecule has 0 N–H and O–H groups in total. The molecule has 0 saturated heterocycles. The molecular weight excluding hydrogens is 199 g/mol. The van der Waals surface area contributed by atoms with Gasteiger partial charge in [-0.1, -0.05) is 60.7 Å². The minimum absolute atomic E-state index is 0.550. The summed E-state index contributed by atoms with van der Waals surface area (Å²) >= 11 is 0. The van der Waals surface area contributed by atoms with E-state index in [1.165, 1.54) is 5.56 Å². The molecule has 0 spiro atoms. The van der Waals surface area contributed by atoms with E-state index < -0.39 is 6.17 Å². The number of hydrogen-bond donors (Lipinski definition) is 0. The Bertz CT molecular complexity index is 408. The predicted molar refractivity (Wildman–Crippen MR) is 65.1 cm³/mol. The van der Waals surface area contributed by atoms with E-state index in [0.717, 1.165) is 12.0 Å². The van der Waals surface area contributed by atoms with E-state index in [0.29, 0.717) is 6.42 Å². The molecule has 0 fully saturated rings.